The van der Waals surface area contributed by atoms with E-state index in [-0.39, 0.29) is 34.0 Å². The summed E-state index contributed by atoms with van der Waals surface area (Å²) in [5, 5.41) is 0.113. The highest BCUT2D eigenvalue weighted by Gasteiger charge is 2.11. The van der Waals surface area contributed by atoms with Crippen LogP contribution in [0.2, 0.25) is 0 Å². The lowest BCUT2D eigenvalue weighted by atomic mass is 10.2. The van der Waals surface area contributed by atoms with Crippen LogP contribution >= 0.6 is 28.3 Å². The van der Waals surface area contributed by atoms with Crippen molar-refractivity contribution in [3.8, 4) is 0 Å². The minimum atomic E-state index is -4.23. The molecular weight excluding hydrogens is 308 g/mol. The molecule has 0 heterocycles. The predicted octanol–water partition coefficient (Wildman–Crippen LogP) is 1.93. The second-order valence-electron chi connectivity index (χ2n) is 2.56. The fourth-order valence-electron chi connectivity index (χ4n) is 0.907. The summed E-state index contributed by atoms with van der Waals surface area (Å²) in [7, 11) is -4.23. The number of rotatable bonds is 3. The van der Waals surface area contributed by atoms with Crippen molar-refractivity contribution in [3.05, 3.63) is 29.8 Å². The largest absolute Gasteiger partial charge is 0.294 e. The summed E-state index contributed by atoms with van der Waals surface area (Å²) < 4.78 is 30.2. The summed E-state index contributed by atoms with van der Waals surface area (Å²) >= 11 is 2.97. The first kappa shape index (κ1) is 14.6. The van der Waals surface area contributed by atoms with Crippen molar-refractivity contribution in [2.24, 2.45) is 0 Å². The molecule has 1 rings (SSSR count). The van der Waals surface area contributed by atoms with Crippen LogP contribution in [0.1, 0.15) is 10.4 Å². The summed E-state index contributed by atoms with van der Waals surface area (Å²) in [4.78, 5) is 10.9. The highest BCUT2D eigenvalue weighted by molar-refractivity contribution is 9.09. The topological polar surface area (TPSA) is 71.4 Å². The number of alkyl halides is 1. The average Bonchev–Trinajstić information content (AvgIpc) is 2.15. The number of halogens is 2. The molecule has 4 nitrogen and oxygen atoms in total. The van der Waals surface area contributed by atoms with E-state index in [9.17, 15) is 13.2 Å². The van der Waals surface area contributed by atoms with Gasteiger partial charge in [0.2, 0.25) is 0 Å². The lowest BCUT2D eigenvalue weighted by molar-refractivity contribution is 0.102. The van der Waals surface area contributed by atoms with Crippen LogP contribution < -0.4 is 0 Å². The molecule has 0 unspecified atom stereocenters. The van der Waals surface area contributed by atoms with E-state index in [1.54, 1.807) is 0 Å². The number of Topliss-reactive ketones (excluding diaryl/α,β-unsaturated/α-hetero) is 1. The quantitative estimate of drug-likeness (QED) is 0.525. The molecule has 1 aromatic carbocycles. The van der Waals surface area contributed by atoms with E-state index in [0.717, 1.165) is 6.07 Å². The van der Waals surface area contributed by atoms with Gasteiger partial charge in [-0.2, -0.15) is 8.42 Å². The summed E-state index contributed by atoms with van der Waals surface area (Å²) in [5.41, 5.74) is 0.247. The zero-order valence-electron chi connectivity index (χ0n) is 7.38. The van der Waals surface area contributed by atoms with Crippen molar-refractivity contribution in [3.63, 3.8) is 0 Å². The van der Waals surface area contributed by atoms with Crippen LogP contribution in [0, 0.1) is 0 Å². The Bertz CT molecular complexity index is 457. The van der Waals surface area contributed by atoms with Crippen LogP contribution in [0.3, 0.4) is 0 Å². The second-order valence-corrected chi connectivity index (χ2v) is 4.54. The van der Waals surface area contributed by atoms with Crippen LogP contribution in [0.5, 0.6) is 0 Å². The summed E-state index contributed by atoms with van der Waals surface area (Å²) in [6.07, 6.45) is 0. The zero-order valence-corrected chi connectivity index (χ0v) is 10.6. The van der Waals surface area contributed by atoms with E-state index in [2.05, 4.69) is 15.9 Å². The van der Waals surface area contributed by atoms with E-state index in [0.29, 0.717) is 0 Å². The summed E-state index contributed by atoms with van der Waals surface area (Å²) in [5.74, 6) is -0.240. The SMILES string of the molecule is Cl.O=C(CBr)c1cccc(S(=O)(=O)O)c1. The fraction of sp³-hybridized carbons (Fsp3) is 0.125. The Hall–Kier alpha value is -0.430. The Labute approximate surface area is 102 Å². The first-order valence-electron chi connectivity index (χ1n) is 3.62. The van der Waals surface area contributed by atoms with Crippen molar-refractivity contribution in [1.29, 1.82) is 0 Å². The molecule has 0 radical (unpaired) electrons. The minimum Gasteiger partial charge on any atom is -0.293 e. The lowest BCUT2D eigenvalue weighted by Gasteiger charge is -1.99. The van der Waals surface area contributed by atoms with Gasteiger partial charge in [-0.3, -0.25) is 9.35 Å². The molecule has 0 fully saturated rings. The van der Waals surface area contributed by atoms with Crippen molar-refractivity contribution < 1.29 is 17.8 Å². The summed E-state index contributed by atoms with van der Waals surface area (Å²) in [6, 6.07) is 5.25. The molecule has 1 aromatic rings. The third-order valence-corrected chi connectivity index (χ3v) is 2.93. The molecule has 0 aliphatic heterocycles. The molecule has 0 aliphatic carbocycles. The van der Waals surface area contributed by atoms with Crippen LogP contribution in [0.25, 0.3) is 0 Å². The van der Waals surface area contributed by atoms with Gasteiger partial charge in [0.1, 0.15) is 0 Å². The molecule has 0 amide bonds. The molecule has 15 heavy (non-hydrogen) atoms. The highest BCUT2D eigenvalue weighted by atomic mass is 79.9. The Balaban J connectivity index is 0.00000196. The average molecular weight is 316 g/mol. The monoisotopic (exact) mass is 314 g/mol. The number of hydrogen-bond donors (Lipinski definition) is 1. The van der Waals surface area contributed by atoms with Crippen LogP contribution in [0.4, 0.5) is 0 Å². The summed E-state index contributed by atoms with van der Waals surface area (Å²) in [6.45, 7) is 0. The van der Waals surface area contributed by atoms with Gasteiger partial charge < -0.3 is 0 Å². The van der Waals surface area contributed by atoms with Gasteiger partial charge in [-0.15, -0.1) is 12.4 Å². The molecule has 0 spiro atoms. The maximum absolute atomic E-state index is 11.2. The third-order valence-electron chi connectivity index (χ3n) is 1.58. The first-order chi connectivity index (χ1) is 6.45. The molecule has 0 aromatic heterocycles. The first-order valence-corrected chi connectivity index (χ1v) is 6.18. The minimum absolute atomic E-state index is 0. The number of carbonyl (C=O) groups is 1. The smallest absolute Gasteiger partial charge is 0.293 e. The standard InChI is InChI=1S/C8H7BrO4S.ClH/c9-5-8(10)6-2-1-3-7(4-6)14(11,12)13;/h1-4H,5H2,(H,11,12,13);1H. The molecule has 0 saturated carbocycles. The van der Waals surface area contributed by atoms with Crippen molar-refractivity contribution in [1.82, 2.24) is 0 Å². The van der Waals surface area contributed by atoms with E-state index < -0.39 is 10.1 Å². The van der Waals surface area contributed by atoms with Crippen molar-refractivity contribution >= 4 is 44.2 Å². The molecule has 0 saturated heterocycles. The highest BCUT2D eigenvalue weighted by Crippen LogP contribution is 2.12. The third kappa shape index (κ3) is 3.90. The van der Waals surface area contributed by atoms with Gasteiger partial charge in [-0.1, -0.05) is 28.1 Å². The van der Waals surface area contributed by atoms with Gasteiger partial charge >= 0.3 is 0 Å². The van der Waals surface area contributed by atoms with Crippen molar-refractivity contribution in [2.75, 3.05) is 5.33 Å². The maximum atomic E-state index is 11.2. The van der Waals surface area contributed by atoms with E-state index in [4.69, 9.17) is 4.55 Å². The van der Waals surface area contributed by atoms with Gasteiger partial charge in [-0.05, 0) is 12.1 Å². The van der Waals surface area contributed by atoms with Crippen LogP contribution in [-0.2, 0) is 10.1 Å². The molecule has 7 heteroatoms. The van der Waals surface area contributed by atoms with Gasteiger partial charge in [0.15, 0.2) is 5.78 Å². The fourth-order valence-corrected chi connectivity index (χ4v) is 1.76. The predicted molar refractivity (Wildman–Crippen MR) is 61.6 cm³/mol. The number of benzene rings is 1. The number of carbonyl (C=O) groups excluding carboxylic acids is 1. The number of hydrogen-bond acceptors (Lipinski definition) is 3. The van der Waals surface area contributed by atoms with E-state index in [1.165, 1.54) is 18.2 Å². The molecule has 0 bridgehead atoms. The zero-order chi connectivity index (χ0) is 10.8. The van der Waals surface area contributed by atoms with E-state index >= 15 is 0 Å². The van der Waals surface area contributed by atoms with E-state index in [1.807, 2.05) is 0 Å². The Morgan fingerprint density at radius 3 is 2.47 bits per heavy atom. The lowest BCUT2D eigenvalue weighted by Crippen LogP contribution is -2.03. The van der Waals surface area contributed by atoms with Gasteiger partial charge in [0, 0.05) is 5.56 Å². The Morgan fingerprint density at radius 2 is 2.00 bits per heavy atom. The van der Waals surface area contributed by atoms with Gasteiger partial charge in [0.05, 0.1) is 10.2 Å². The number of ketones is 1. The molecule has 0 aliphatic rings. The molecular formula is C8H8BrClO4S. The van der Waals surface area contributed by atoms with Gasteiger partial charge in [0.25, 0.3) is 10.1 Å². The Morgan fingerprint density at radius 1 is 1.40 bits per heavy atom. The maximum Gasteiger partial charge on any atom is 0.294 e. The normalized spacial score (nSPS) is 10.5. The molecule has 0 atom stereocenters. The Kier molecular flexibility index (Phi) is 5.44. The van der Waals surface area contributed by atoms with Crippen LogP contribution in [-0.4, -0.2) is 24.1 Å². The van der Waals surface area contributed by atoms with Gasteiger partial charge in [-0.25, -0.2) is 0 Å². The second kappa shape index (κ2) is 5.60. The molecule has 1 N–H and O–H groups in total. The molecule has 84 valence electrons. The van der Waals surface area contributed by atoms with Crippen LogP contribution in [0.15, 0.2) is 29.2 Å². The van der Waals surface area contributed by atoms with Crippen molar-refractivity contribution in [2.45, 2.75) is 4.90 Å².